The monoisotopic (exact) mass is 228 g/mol. The van der Waals surface area contributed by atoms with Gasteiger partial charge < -0.3 is 10.0 Å². The maximum Gasteiger partial charge on any atom is 0.320 e. The summed E-state index contributed by atoms with van der Waals surface area (Å²) in [6.45, 7) is 6.98. The van der Waals surface area contributed by atoms with Crippen LogP contribution in [0.15, 0.2) is 0 Å². The number of likely N-dealkylation sites (N-methyl/N-ethyl adjacent to an activating group) is 1. The number of carboxylic acid groups (broad SMARTS) is 1. The van der Waals surface area contributed by atoms with E-state index < -0.39 is 5.97 Å². The number of carboxylic acids is 1. The van der Waals surface area contributed by atoms with E-state index in [1.165, 1.54) is 0 Å². The number of nitrogens with zero attached hydrogens (tertiary/aromatic N) is 2. The molecule has 0 bridgehead atoms. The van der Waals surface area contributed by atoms with Crippen LogP contribution in [0.4, 0.5) is 0 Å². The quantitative estimate of drug-likeness (QED) is 0.769. The number of carbonyl (C=O) groups is 1. The Labute approximate surface area is 98.2 Å². The van der Waals surface area contributed by atoms with Crippen LogP contribution in [0.25, 0.3) is 0 Å². The molecule has 1 aliphatic heterocycles. The fourth-order valence-electron chi connectivity index (χ4n) is 2.22. The highest BCUT2D eigenvalue weighted by molar-refractivity contribution is 5.73. The van der Waals surface area contributed by atoms with Gasteiger partial charge in [-0.05, 0) is 20.4 Å². The summed E-state index contributed by atoms with van der Waals surface area (Å²) in [7, 11) is 2.10. The summed E-state index contributed by atoms with van der Waals surface area (Å²) in [6, 6.07) is 0.174. The van der Waals surface area contributed by atoms with Crippen LogP contribution in [-0.2, 0) is 4.79 Å². The van der Waals surface area contributed by atoms with Crippen LogP contribution in [0.1, 0.15) is 33.1 Å². The smallest absolute Gasteiger partial charge is 0.320 e. The van der Waals surface area contributed by atoms with Crippen LogP contribution >= 0.6 is 0 Å². The Kier molecular flexibility index (Phi) is 5.22. The Morgan fingerprint density at radius 1 is 1.50 bits per heavy atom. The molecular formula is C12H24N2O2. The summed E-state index contributed by atoms with van der Waals surface area (Å²) < 4.78 is 0. The molecule has 1 rings (SSSR count). The van der Waals surface area contributed by atoms with Crippen LogP contribution in [0.5, 0.6) is 0 Å². The third-order valence-corrected chi connectivity index (χ3v) is 3.55. The minimum atomic E-state index is -0.662. The first-order valence-electron chi connectivity index (χ1n) is 6.23. The van der Waals surface area contributed by atoms with Crippen LogP contribution in [-0.4, -0.2) is 59.6 Å². The normalized spacial score (nSPS) is 25.6. The first-order valence-corrected chi connectivity index (χ1v) is 6.23. The van der Waals surface area contributed by atoms with Crippen molar-refractivity contribution >= 4 is 5.97 Å². The van der Waals surface area contributed by atoms with E-state index in [1.807, 2.05) is 0 Å². The van der Waals surface area contributed by atoms with Crippen molar-refractivity contribution in [2.24, 2.45) is 0 Å². The molecule has 4 heteroatoms. The van der Waals surface area contributed by atoms with Gasteiger partial charge in [0.1, 0.15) is 6.04 Å². The maximum absolute atomic E-state index is 11.2. The van der Waals surface area contributed by atoms with Gasteiger partial charge in [-0.2, -0.15) is 0 Å². The SMILES string of the molecule is CCCCC(C(=O)O)N1CCN(C)C(C)C1. The summed E-state index contributed by atoms with van der Waals surface area (Å²) in [4.78, 5) is 15.7. The lowest BCUT2D eigenvalue weighted by Gasteiger charge is -2.40. The second-order valence-electron chi connectivity index (χ2n) is 4.82. The first kappa shape index (κ1) is 13.5. The van der Waals surface area contributed by atoms with Gasteiger partial charge in [-0.1, -0.05) is 19.8 Å². The summed E-state index contributed by atoms with van der Waals surface area (Å²) in [5.41, 5.74) is 0. The van der Waals surface area contributed by atoms with Crippen molar-refractivity contribution in [1.29, 1.82) is 0 Å². The summed E-state index contributed by atoms with van der Waals surface area (Å²) >= 11 is 0. The van der Waals surface area contributed by atoms with Crippen molar-refractivity contribution in [3.63, 3.8) is 0 Å². The minimum absolute atomic E-state index is 0.281. The van der Waals surface area contributed by atoms with E-state index in [4.69, 9.17) is 0 Å². The van der Waals surface area contributed by atoms with Crippen molar-refractivity contribution < 1.29 is 9.90 Å². The second-order valence-corrected chi connectivity index (χ2v) is 4.82. The van der Waals surface area contributed by atoms with Crippen molar-refractivity contribution in [3.05, 3.63) is 0 Å². The largest absolute Gasteiger partial charge is 0.480 e. The molecule has 0 aliphatic carbocycles. The van der Waals surface area contributed by atoms with E-state index in [0.29, 0.717) is 6.04 Å². The highest BCUT2D eigenvalue weighted by Gasteiger charge is 2.30. The average Bonchev–Trinajstić information content (AvgIpc) is 2.23. The van der Waals surface area contributed by atoms with E-state index >= 15 is 0 Å². The highest BCUT2D eigenvalue weighted by Crippen LogP contribution is 2.15. The van der Waals surface area contributed by atoms with Gasteiger partial charge in [-0.25, -0.2) is 0 Å². The van der Waals surface area contributed by atoms with E-state index in [0.717, 1.165) is 38.9 Å². The molecule has 0 aromatic carbocycles. The van der Waals surface area contributed by atoms with Gasteiger partial charge in [0.15, 0.2) is 0 Å². The molecule has 2 unspecified atom stereocenters. The van der Waals surface area contributed by atoms with Crippen molar-refractivity contribution in [3.8, 4) is 0 Å². The minimum Gasteiger partial charge on any atom is -0.480 e. The number of piperazine rings is 1. The van der Waals surface area contributed by atoms with E-state index in [9.17, 15) is 9.90 Å². The molecular weight excluding hydrogens is 204 g/mol. The van der Waals surface area contributed by atoms with Gasteiger partial charge in [0.05, 0.1) is 0 Å². The third-order valence-electron chi connectivity index (χ3n) is 3.55. The molecule has 0 saturated carbocycles. The Hall–Kier alpha value is -0.610. The lowest BCUT2D eigenvalue weighted by atomic mass is 10.1. The van der Waals surface area contributed by atoms with Gasteiger partial charge in [-0.15, -0.1) is 0 Å². The van der Waals surface area contributed by atoms with Gasteiger partial charge in [0.2, 0.25) is 0 Å². The number of hydrogen-bond acceptors (Lipinski definition) is 3. The zero-order valence-electron chi connectivity index (χ0n) is 10.6. The van der Waals surface area contributed by atoms with Gasteiger partial charge in [0.25, 0.3) is 0 Å². The zero-order valence-corrected chi connectivity index (χ0v) is 10.6. The molecule has 0 spiro atoms. The summed E-state index contributed by atoms with van der Waals surface area (Å²) in [5.74, 6) is -0.662. The number of aliphatic carboxylic acids is 1. The van der Waals surface area contributed by atoms with E-state index in [1.54, 1.807) is 0 Å². The second kappa shape index (κ2) is 6.21. The maximum atomic E-state index is 11.2. The van der Waals surface area contributed by atoms with Crippen molar-refractivity contribution in [1.82, 2.24) is 9.80 Å². The van der Waals surface area contributed by atoms with Crippen LogP contribution in [0.2, 0.25) is 0 Å². The predicted octanol–water partition coefficient (Wildman–Crippen LogP) is 1.27. The molecule has 4 nitrogen and oxygen atoms in total. The highest BCUT2D eigenvalue weighted by atomic mass is 16.4. The van der Waals surface area contributed by atoms with E-state index in [2.05, 4.69) is 30.7 Å². The van der Waals surface area contributed by atoms with Crippen LogP contribution < -0.4 is 0 Å². The number of rotatable bonds is 5. The fraction of sp³-hybridized carbons (Fsp3) is 0.917. The standard InChI is InChI=1S/C12H24N2O2/c1-4-5-6-11(12(15)16)14-8-7-13(3)10(2)9-14/h10-11H,4-9H2,1-3H3,(H,15,16). The molecule has 0 amide bonds. The average molecular weight is 228 g/mol. The first-order chi connectivity index (χ1) is 7.56. The Bertz CT molecular complexity index is 233. The molecule has 1 N–H and O–H groups in total. The Balaban J connectivity index is 2.54. The van der Waals surface area contributed by atoms with Gasteiger partial charge >= 0.3 is 5.97 Å². The topological polar surface area (TPSA) is 43.8 Å². The molecule has 1 fully saturated rings. The zero-order chi connectivity index (χ0) is 12.1. The van der Waals surface area contributed by atoms with Crippen LogP contribution in [0, 0.1) is 0 Å². The molecule has 94 valence electrons. The number of unbranched alkanes of at least 4 members (excludes halogenated alkanes) is 1. The Morgan fingerprint density at radius 3 is 2.69 bits per heavy atom. The third kappa shape index (κ3) is 3.46. The molecule has 16 heavy (non-hydrogen) atoms. The molecule has 0 radical (unpaired) electrons. The molecule has 1 aliphatic rings. The van der Waals surface area contributed by atoms with Gasteiger partial charge in [0, 0.05) is 25.7 Å². The van der Waals surface area contributed by atoms with Crippen LogP contribution in [0.3, 0.4) is 0 Å². The van der Waals surface area contributed by atoms with Crippen molar-refractivity contribution in [2.45, 2.75) is 45.2 Å². The molecule has 1 saturated heterocycles. The fourth-order valence-corrected chi connectivity index (χ4v) is 2.22. The van der Waals surface area contributed by atoms with Gasteiger partial charge in [-0.3, -0.25) is 9.69 Å². The molecule has 0 aromatic heterocycles. The lowest BCUT2D eigenvalue weighted by Crippen LogP contribution is -2.55. The molecule has 1 heterocycles. The Morgan fingerprint density at radius 2 is 2.19 bits per heavy atom. The molecule has 0 aromatic rings. The summed E-state index contributed by atoms with van der Waals surface area (Å²) in [5, 5.41) is 9.25. The summed E-state index contributed by atoms with van der Waals surface area (Å²) in [6.07, 6.45) is 2.84. The predicted molar refractivity (Wildman–Crippen MR) is 64.6 cm³/mol. The van der Waals surface area contributed by atoms with E-state index in [-0.39, 0.29) is 6.04 Å². The molecule has 2 atom stereocenters. The number of hydrogen-bond donors (Lipinski definition) is 1. The lowest BCUT2D eigenvalue weighted by molar-refractivity contribution is -0.144. The van der Waals surface area contributed by atoms with Crippen molar-refractivity contribution in [2.75, 3.05) is 26.7 Å².